The highest BCUT2D eigenvalue weighted by molar-refractivity contribution is 6.04. The molecule has 0 bridgehead atoms. The number of anilines is 1. The van der Waals surface area contributed by atoms with Crippen LogP contribution in [0.1, 0.15) is 41.1 Å². The van der Waals surface area contributed by atoms with E-state index in [-0.39, 0.29) is 5.91 Å². The maximum Gasteiger partial charge on any atom is 0.255 e. The first-order valence-electron chi connectivity index (χ1n) is 10.3. The van der Waals surface area contributed by atoms with Crippen molar-refractivity contribution in [1.82, 2.24) is 15.3 Å². The van der Waals surface area contributed by atoms with Crippen molar-refractivity contribution in [2.45, 2.75) is 31.2 Å². The quantitative estimate of drug-likeness (QED) is 0.639. The first-order valence-corrected chi connectivity index (χ1v) is 10.3. The molecule has 146 valence electrons. The van der Waals surface area contributed by atoms with Crippen LogP contribution in [0.4, 0.5) is 5.69 Å². The second-order valence-corrected chi connectivity index (χ2v) is 8.03. The summed E-state index contributed by atoms with van der Waals surface area (Å²) in [6, 6.07) is 18.0. The average Bonchev–Trinajstić information content (AvgIpc) is 3.69. The summed E-state index contributed by atoms with van der Waals surface area (Å²) in [7, 11) is 0. The Morgan fingerprint density at radius 2 is 1.79 bits per heavy atom. The molecule has 2 aliphatic carbocycles. The number of carbonyl (C=O) groups is 1. The summed E-state index contributed by atoms with van der Waals surface area (Å²) in [4.78, 5) is 21.2. The van der Waals surface area contributed by atoms with E-state index in [1.165, 1.54) is 24.8 Å². The monoisotopic (exact) mass is 384 g/mol. The van der Waals surface area contributed by atoms with Crippen LogP contribution >= 0.6 is 0 Å². The largest absolute Gasteiger partial charge is 0.322 e. The smallest absolute Gasteiger partial charge is 0.255 e. The van der Waals surface area contributed by atoms with Gasteiger partial charge in [0.05, 0.1) is 0 Å². The maximum absolute atomic E-state index is 12.7. The lowest BCUT2D eigenvalue weighted by molar-refractivity contribution is 0.102. The second-order valence-electron chi connectivity index (χ2n) is 8.03. The van der Waals surface area contributed by atoms with Crippen LogP contribution in [0.15, 0.2) is 67.0 Å². The summed E-state index contributed by atoms with van der Waals surface area (Å²) in [5, 5.41) is 6.65. The van der Waals surface area contributed by atoms with Crippen molar-refractivity contribution in [1.29, 1.82) is 0 Å². The molecule has 0 spiro atoms. The van der Waals surface area contributed by atoms with Gasteiger partial charge in [-0.25, -0.2) is 9.97 Å². The summed E-state index contributed by atoms with van der Waals surface area (Å²) in [5.74, 6) is 2.02. The minimum atomic E-state index is -0.0845. The number of hydrogen-bond acceptors (Lipinski definition) is 4. The Labute approximate surface area is 170 Å². The predicted molar refractivity (Wildman–Crippen MR) is 114 cm³/mol. The number of amides is 1. The number of nitrogens with zero attached hydrogens (tertiary/aromatic N) is 2. The van der Waals surface area contributed by atoms with E-state index in [1.807, 2.05) is 42.5 Å². The van der Waals surface area contributed by atoms with Crippen LogP contribution in [0.25, 0.3) is 11.4 Å². The van der Waals surface area contributed by atoms with Gasteiger partial charge in [0, 0.05) is 41.2 Å². The molecule has 2 fully saturated rings. The normalized spacial score (nSPS) is 20.3. The van der Waals surface area contributed by atoms with Crippen LogP contribution in [-0.4, -0.2) is 28.5 Å². The molecule has 0 unspecified atom stereocenters. The fraction of sp³-hybridized carbons (Fsp3) is 0.292. The van der Waals surface area contributed by atoms with Gasteiger partial charge < -0.3 is 10.6 Å². The molecule has 0 aliphatic heterocycles. The third kappa shape index (κ3) is 4.35. The van der Waals surface area contributed by atoms with E-state index in [0.29, 0.717) is 23.3 Å². The molecule has 0 radical (unpaired) electrons. The van der Waals surface area contributed by atoms with Gasteiger partial charge in [-0.05, 0) is 79.8 Å². The summed E-state index contributed by atoms with van der Waals surface area (Å²) >= 11 is 0. The first kappa shape index (κ1) is 18.0. The van der Waals surface area contributed by atoms with Crippen molar-refractivity contribution >= 4 is 11.6 Å². The molecule has 1 aromatic heterocycles. The summed E-state index contributed by atoms with van der Waals surface area (Å²) in [5.41, 5.74) is 3.63. The van der Waals surface area contributed by atoms with E-state index < -0.39 is 0 Å². The van der Waals surface area contributed by atoms with Crippen LogP contribution in [0.2, 0.25) is 0 Å². The Kier molecular flexibility index (Phi) is 4.82. The van der Waals surface area contributed by atoms with Gasteiger partial charge in [0.2, 0.25) is 0 Å². The van der Waals surface area contributed by atoms with E-state index in [4.69, 9.17) is 0 Å². The Morgan fingerprint density at radius 3 is 2.55 bits per heavy atom. The fourth-order valence-corrected chi connectivity index (χ4v) is 3.69. The number of nitrogens with one attached hydrogen (secondary N) is 2. The van der Waals surface area contributed by atoms with E-state index in [1.54, 1.807) is 18.5 Å². The van der Waals surface area contributed by atoms with Crippen molar-refractivity contribution in [2.24, 2.45) is 5.92 Å². The Balaban J connectivity index is 1.22. The van der Waals surface area contributed by atoms with E-state index in [2.05, 4.69) is 26.7 Å². The lowest BCUT2D eigenvalue weighted by Gasteiger charge is -2.08. The minimum Gasteiger partial charge on any atom is -0.322 e. The van der Waals surface area contributed by atoms with Gasteiger partial charge in [-0.15, -0.1) is 0 Å². The lowest BCUT2D eigenvalue weighted by atomic mass is 10.1. The highest BCUT2D eigenvalue weighted by Gasteiger charge is 2.39. The van der Waals surface area contributed by atoms with Crippen LogP contribution in [0, 0.1) is 5.92 Å². The molecule has 5 rings (SSSR count). The molecule has 2 aromatic carbocycles. The SMILES string of the molecule is O=C(Nc1ccc(-c2ncccn2)cc1)c1cccc([C@@H]2C[C@H]2NCC2CC2)c1. The van der Waals surface area contributed by atoms with E-state index in [9.17, 15) is 4.79 Å². The molecular weight excluding hydrogens is 360 g/mol. The van der Waals surface area contributed by atoms with Crippen molar-refractivity contribution in [3.63, 3.8) is 0 Å². The fourth-order valence-electron chi connectivity index (χ4n) is 3.69. The van der Waals surface area contributed by atoms with E-state index >= 15 is 0 Å². The van der Waals surface area contributed by atoms with Crippen LogP contribution in [0.3, 0.4) is 0 Å². The van der Waals surface area contributed by atoms with Crippen molar-refractivity contribution in [3.05, 3.63) is 78.1 Å². The molecular formula is C24H24N4O. The Bertz CT molecular complexity index is 999. The highest BCUT2D eigenvalue weighted by atomic mass is 16.1. The Morgan fingerprint density at radius 1 is 1.00 bits per heavy atom. The standard InChI is InChI=1S/C24H24N4O/c29-24(28-20-9-7-17(8-10-20)23-25-11-2-12-26-23)19-4-1-3-18(13-19)21-14-22(21)27-15-16-5-6-16/h1-4,7-13,16,21-22,27H,5-6,14-15H2,(H,28,29)/t21-,22+/m0/s1. The molecule has 0 saturated heterocycles. The number of hydrogen-bond donors (Lipinski definition) is 2. The molecule has 2 N–H and O–H groups in total. The molecule has 29 heavy (non-hydrogen) atoms. The van der Waals surface area contributed by atoms with Gasteiger partial charge in [-0.1, -0.05) is 12.1 Å². The van der Waals surface area contributed by atoms with Gasteiger partial charge in [0.15, 0.2) is 5.82 Å². The van der Waals surface area contributed by atoms with Crippen molar-refractivity contribution in [2.75, 3.05) is 11.9 Å². The molecule has 5 heteroatoms. The molecule has 2 atom stereocenters. The number of aromatic nitrogens is 2. The minimum absolute atomic E-state index is 0.0845. The zero-order chi connectivity index (χ0) is 19.6. The zero-order valence-electron chi connectivity index (χ0n) is 16.2. The van der Waals surface area contributed by atoms with Crippen molar-refractivity contribution in [3.8, 4) is 11.4 Å². The first-order chi connectivity index (χ1) is 14.3. The van der Waals surface area contributed by atoms with Gasteiger partial charge in [-0.2, -0.15) is 0 Å². The third-order valence-corrected chi connectivity index (χ3v) is 5.70. The van der Waals surface area contributed by atoms with Gasteiger partial charge in [0.25, 0.3) is 5.91 Å². The molecule has 2 aliphatic rings. The summed E-state index contributed by atoms with van der Waals surface area (Å²) < 4.78 is 0. The second kappa shape index (κ2) is 7.76. The molecule has 1 amide bonds. The number of benzene rings is 2. The highest BCUT2D eigenvalue weighted by Crippen LogP contribution is 2.41. The maximum atomic E-state index is 12.7. The number of carbonyl (C=O) groups excluding carboxylic acids is 1. The average molecular weight is 384 g/mol. The Hall–Kier alpha value is -3.05. The van der Waals surface area contributed by atoms with Gasteiger partial charge in [0.1, 0.15) is 0 Å². The van der Waals surface area contributed by atoms with Crippen molar-refractivity contribution < 1.29 is 4.79 Å². The lowest BCUT2D eigenvalue weighted by Crippen LogP contribution is -2.20. The molecule has 3 aromatic rings. The van der Waals surface area contributed by atoms with Gasteiger partial charge >= 0.3 is 0 Å². The third-order valence-electron chi connectivity index (χ3n) is 5.70. The topological polar surface area (TPSA) is 66.9 Å². The van der Waals surface area contributed by atoms with Crippen LogP contribution in [0.5, 0.6) is 0 Å². The molecule has 1 heterocycles. The predicted octanol–water partition coefficient (Wildman–Crippen LogP) is 4.25. The number of rotatable bonds is 7. The molecule has 2 saturated carbocycles. The van der Waals surface area contributed by atoms with Crippen LogP contribution < -0.4 is 10.6 Å². The van der Waals surface area contributed by atoms with Crippen LogP contribution in [-0.2, 0) is 0 Å². The zero-order valence-corrected chi connectivity index (χ0v) is 16.2. The molecule has 5 nitrogen and oxygen atoms in total. The summed E-state index contributed by atoms with van der Waals surface area (Å²) in [6.45, 7) is 1.14. The van der Waals surface area contributed by atoms with Gasteiger partial charge in [-0.3, -0.25) is 4.79 Å². The van der Waals surface area contributed by atoms with E-state index in [0.717, 1.165) is 23.7 Å². The summed E-state index contributed by atoms with van der Waals surface area (Å²) in [6.07, 6.45) is 7.35.